The van der Waals surface area contributed by atoms with Gasteiger partial charge in [0.25, 0.3) is 0 Å². The van der Waals surface area contributed by atoms with E-state index < -0.39 is 0 Å². The Hall–Kier alpha value is -6.94. The van der Waals surface area contributed by atoms with Gasteiger partial charge in [0.1, 0.15) is 0 Å². The lowest BCUT2D eigenvalue weighted by Crippen LogP contribution is -2.10. The zero-order chi connectivity index (χ0) is 36.3. The third-order valence-corrected chi connectivity index (χ3v) is 12.2. The summed E-state index contributed by atoms with van der Waals surface area (Å²) in [6.07, 6.45) is 0. The first-order valence-electron chi connectivity index (χ1n) is 18.8. The summed E-state index contributed by atoms with van der Waals surface area (Å²) < 4.78 is 4.99. The Morgan fingerprint density at radius 2 is 1.00 bits per heavy atom. The molecule has 0 saturated carbocycles. The average molecular weight is 719 g/mol. The number of hydrogen-bond donors (Lipinski definition) is 0. The molecule has 55 heavy (non-hydrogen) atoms. The van der Waals surface area contributed by atoms with Gasteiger partial charge in [0.05, 0.1) is 21.4 Å². The van der Waals surface area contributed by atoms with Gasteiger partial charge >= 0.3 is 0 Å². The van der Waals surface area contributed by atoms with Crippen molar-refractivity contribution in [3.05, 3.63) is 206 Å². The number of para-hydroxylation sites is 1. The molecule has 0 N–H and O–H groups in total. The minimum atomic E-state index is 1.10. The van der Waals surface area contributed by atoms with Crippen molar-refractivity contribution in [1.29, 1.82) is 0 Å². The molecule has 0 amide bonds. The van der Waals surface area contributed by atoms with Crippen LogP contribution in [0.25, 0.3) is 80.7 Å². The van der Waals surface area contributed by atoms with Crippen molar-refractivity contribution in [2.75, 3.05) is 4.90 Å². The number of hydrogen-bond acceptors (Lipinski definition) is 2. The van der Waals surface area contributed by atoms with Gasteiger partial charge in [-0.1, -0.05) is 140 Å². The van der Waals surface area contributed by atoms with Gasteiger partial charge < -0.3 is 9.47 Å². The summed E-state index contributed by atoms with van der Waals surface area (Å²) in [4.78, 5) is 2.45. The van der Waals surface area contributed by atoms with Gasteiger partial charge in [-0.25, -0.2) is 0 Å². The Morgan fingerprint density at radius 1 is 0.382 bits per heavy atom. The molecule has 3 heteroatoms. The van der Waals surface area contributed by atoms with Crippen LogP contribution in [0.4, 0.5) is 17.1 Å². The molecule has 0 spiro atoms. The predicted molar refractivity (Wildman–Crippen MR) is 237 cm³/mol. The lowest BCUT2D eigenvalue weighted by Gasteiger charge is -2.27. The first kappa shape index (κ1) is 31.6. The molecule has 9 aromatic carbocycles. The number of aromatic nitrogens is 1. The van der Waals surface area contributed by atoms with Crippen LogP contribution in [0.2, 0.25) is 0 Å². The Morgan fingerprint density at radius 3 is 1.78 bits per heavy atom. The topological polar surface area (TPSA) is 8.17 Å². The maximum absolute atomic E-state index is 2.45. The molecule has 258 valence electrons. The number of rotatable bonds is 6. The van der Waals surface area contributed by atoms with Gasteiger partial charge in [-0.05, 0) is 99.8 Å². The van der Waals surface area contributed by atoms with E-state index in [1.54, 1.807) is 0 Å². The minimum Gasteiger partial charge on any atom is -0.309 e. The highest BCUT2D eigenvalue weighted by molar-refractivity contribution is 7.26. The van der Waals surface area contributed by atoms with Crippen LogP contribution < -0.4 is 4.90 Å². The molecule has 11 rings (SSSR count). The molecule has 2 heterocycles. The molecule has 2 aromatic heterocycles. The monoisotopic (exact) mass is 718 g/mol. The Labute approximate surface area is 323 Å². The number of benzene rings is 9. The zero-order valence-electron chi connectivity index (χ0n) is 29.9. The van der Waals surface area contributed by atoms with Crippen LogP contribution in [0.1, 0.15) is 0 Å². The van der Waals surface area contributed by atoms with Gasteiger partial charge in [0, 0.05) is 43.3 Å². The van der Waals surface area contributed by atoms with Crippen molar-refractivity contribution in [1.82, 2.24) is 4.57 Å². The van der Waals surface area contributed by atoms with E-state index in [9.17, 15) is 0 Å². The van der Waals surface area contributed by atoms with E-state index in [0.29, 0.717) is 0 Å². The quantitative estimate of drug-likeness (QED) is 0.166. The van der Waals surface area contributed by atoms with E-state index in [0.717, 1.165) is 17.1 Å². The summed E-state index contributed by atoms with van der Waals surface area (Å²) in [5.74, 6) is 0. The maximum atomic E-state index is 2.45. The Kier molecular flexibility index (Phi) is 7.39. The normalized spacial score (nSPS) is 11.6. The summed E-state index contributed by atoms with van der Waals surface area (Å²) in [5.41, 5.74) is 11.7. The molecular weight excluding hydrogens is 685 g/mol. The van der Waals surface area contributed by atoms with Crippen molar-refractivity contribution < 1.29 is 0 Å². The van der Waals surface area contributed by atoms with Crippen LogP contribution in [-0.4, -0.2) is 4.57 Å². The summed E-state index contributed by atoms with van der Waals surface area (Å²) >= 11 is 1.87. The molecule has 0 aliphatic rings. The van der Waals surface area contributed by atoms with E-state index >= 15 is 0 Å². The smallest absolute Gasteiger partial charge is 0.0640 e. The van der Waals surface area contributed by atoms with E-state index in [1.165, 1.54) is 80.7 Å². The number of nitrogens with zero attached hydrogens (tertiary/aromatic N) is 2. The fourth-order valence-electron chi connectivity index (χ4n) is 8.42. The molecule has 0 fully saturated rings. The second-order valence-electron chi connectivity index (χ2n) is 14.1. The van der Waals surface area contributed by atoms with Crippen LogP contribution in [0.3, 0.4) is 0 Å². The average Bonchev–Trinajstić information content (AvgIpc) is 3.80. The lowest BCUT2D eigenvalue weighted by molar-refractivity contribution is 1.18. The number of fused-ring (bicyclic) bond motifs is 7. The largest absolute Gasteiger partial charge is 0.309 e. The molecule has 0 unspecified atom stereocenters. The van der Waals surface area contributed by atoms with Crippen molar-refractivity contribution in [2.45, 2.75) is 0 Å². The van der Waals surface area contributed by atoms with Crippen LogP contribution in [0.15, 0.2) is 206 Å². The first-order chi connectivity index (χ1) is 27.3. The maximum Gasteiger partial charge on any atom is 0.0640 e. The van der Waals surface area contributed by atoms with Crippen LogP contribution in [-0.2, 0) is 0 Å². The van der Waals surface area contributed by atoms with Crippen LogP contribution in [0.5, 0.6) is 0 Å². The summed E-state index contributed by atoms with van der Waals surface area (Å²) in [5, 5.41) is 7.60. The Bertz CT molecular complexity index is 3190. The molecule has 0 aliphatic heterocycles. The standard InChI is InChI=1S/C52H34N2S/c1-3-14-35(15-4-1)42-31-30-41(34-46(42)36-16-5-2-6-17-36)53(49-24-13-22-45-44-21-10-12-25-51(44)55-52(45)49)39-26-28-40(29-27-39)54-48-23-11-9-20-43(48)47-32-37-18-7-8-19-38(37)33-50(47)54/h1-34H. The van der Waals surface area contributed by atoms with E-state index in [4.69, 9.17) is 0 Å². The van der Waals surface area contributed by atoms with Gasteiger partial charge in [-0.2, -0.15) is 0 Å². The van der Waals surface area contributed by atoms with Crippen LogP contribution >= 0.6 is 11.3 Å². The molecular formula is C52H34N2S. The SMILES string of the molecule is c1ccc(-c2ccc(N(c3ccc(-n4c5ccccc5c5cc6ccccc6cc54)cc3)c3cccc4c3sc3ccccc34)cc2-c2ccccc2)cc1. The summed E-state index contributed by atoms with van der Waals surface area (Å²) in [6.45, 7) is 0. The third kappa shape index (κ3) is 5.24. The highest BCUT2D eigenvalue weighted by atomic mass is 32.1. The van der Waals surface area contributed by atoms with Crippen LogP contribution in [0, 0.1) is 0 Å². The number of anilines is 3. The third-order valence-electron chi connectivity index (χ3n) is 11.0. The van der Waals surface area contributed by atoms with E-state index in [-0.39, 0.29) is 0 Å². The highest BCUT2D eigenvalue weighted by Gasteiger charge is 2.21. The molecule has 0 saturated heterocycles. The molecule has 0 bridgehead atoms. The molecule has 11 aromatic rings. The fraction of sp³-hybridized carbons (Fsp3) is 0. The Balaban J connectivity index is 1.13. The van der Waals surface area contributed by atoms with E-state index in [2.05, 4.69) is 216 Å². The number of thiophene rings is 1. The second-order valence-corrected chi connectivity index (χ2v) is 15.2. The van der Waals surface area contributed by atoms with Gasteiger partial charge in [0.2, 0.25) is 0 Å². The summed E-state index contributed by atoms with van der Waals surface area (Å²) in [7, 11) is 0. The second kappa shape index (κ2) is 12.9. The zero-order valence-corrected chi connectivity index (χ0v) is 30.7. The molecule has 2 nitrogen and oxygen atoms in total. The minimum absolute atomic E-state index is 1.10. The van der Waals surface area contributed by atoms with Crippen molar-refractivity contribution in [3.8, 4) is 27.9 Å². The van der Waals surface area contributed by atoms with Gasteiger partial charge in [-0.3, -0.25) is 0 Å². The van der Waals surface area contributed by atoms with Gasteiger partial charge in [0.15, 0.2) is 0 Å². The molecule has 0 radical (unpaired) electrons. The lowest BCUT2D eigenvalue weighted by atomic mass is 9.93. The van der Waals surface area contributed by atoms with Crippen molar-refractivity contribution in [2.24, 2.45) is 0 Å². The first-order valence-corrected chi connectivity index (χ1v) is 19.6. The highest BCUT2D eigenvalue weighted by Crippen LogP contribution is 2.47. The molecule has 0 aliphatic carbocycles. The fourth-order valence-corrected chi connectivity index (χ4v) is 9.62. The van der Waals surface area contributed by atoms with Gasteiger partial charge in [-0.15, -0.1) is 11.3 Å². The summed E-state index contributed by atoms with van der Waals surface area (Å²) in [6, 6.07) is 75.2. The van der Waals surface area contributed by atoms with E-state index in [1.807, 2.05) is 11.3 Å². The predicted octanol–water partition coefficient (Wildman–Crippen LogP) is 15.1. The van der Waals surface area contributed by atoms with Crippen molar-refractivity contribution >= 4 is 81.1 Å². The molecule has 0 atom stereocenters. The van der Waals surface area contributed by atoms with Crippen molar-refractivity contribution in [3.63, 3.8) is 0 Å².